The molecule has 0 aromatic heterocycles. The van der Waals surface area contributed by atoms with E-state index in [0.29, 0.717) is 0 Å². The Bertz CT molecular complexity index is 147. The SMILES string of the molecule is CO[C@H]1O[C@H](CO)[C@@H](S)[C@H](O)[C@@H]1O. The van der Waals surface area contributed by atoms with E-state index in [1.165, 1.54) is 7.11 Å². The second-order valence-electron chi connectivity index (χ2n) is 2.93. The molecule has 6 heteroatoms. The molecule has 1 heterocycles. The third kappa shape index (κ3) is 2.15. The van der Waals surface area contributed by atoms with Crippen molar-refractivity contribution in [3.05, 3.63) is 0 Å². The fraction of sp³-hybridized carbons (Fsp3) is 1.00. The number of rotatable bonds is 2. The van der Waals surface area contributed by atoms with Crippen molar-refractivity contribution in [3.8, 4) is 0 Å². The molecule has 1 aliphatic rings. The molecule has 0 radical (unpaired) electrons. The Hall–Kier alpha value is 0.150. The average molecular weight is 210 g/mol. The molecule has 1 aliphatic heterocycles. The number of aliphatic hydroxyl groups excluding tert-OH is 3. The first-order valence-electron chi connectivity index (χ1n) is 3.95. The molecule has 3 N–H and O–H groups in total. The number of aliphatic hydroxyl groups is 3. The highest BCUT2D eigenvalue weighted by Gasteiger charge is 2.42. The Morgan fingerprint density at radius 3 is 2.46 bits per heavy atom. The normalized spacial score (nSPS) is 46.4. The predicted octanol–water partition coefficient (Wildman–Crippen LogP) is -1.63. The second-order valence-corrected chi connectivity index (χ2v) is 3.53. The minimum atomic E-state index is -1.13. The number of thiol groups is 1. The van der Waals surface area contributed by atoms with Crippen LogP contribution in [0.5, 0.6) is 0 Å². The molecule has 0 aromatic rings. The Labute approximate surface area is 81.7 Å². The fourth-order valence-electron chi connectivity index (χ4n) is 1.26. The van der Waals surface area contributed by atoms with E-state index in [1.807, 2.05) is 0 Å². The van der Waals surface area contributed by atoms with Crippen LogP contribution in [-0.2, 0) is 9.47 Å². The smallest absolute Gasteiger partial charge is 0.186 e. The number of ether oxygens (including phenoxy) is 2. The summed E-state index contributed by atoms with van der Waals surface area (Å²) < 4.78 is 9.90. The molecule has 0 bridgehead atoms. The molecular formula is C7H14O5S. The molecule has 0 aromatic carbocycles. The number of methoxy groups -OCH3 is 1. The highest BCUT2D eigenvalue weighted by Crippen LogP contribution is 2.24. The molecule has 5 atom stereocenters. The van der Waals surface area contributed by atoms with Gasteiger partial charge < -0.3 is 24.8 Å². The lowest BCUT2D eigenvalue weighted by Gasteiger charge is -2.39. The van der Waals surface area contributed by atoms with Crippen molar-refractivity contribution in [2.45, 2.75) is 29.9 Å². The van der Waals surface area contributed by atoms with Gasteiger partial charge in [-0.05, 0) is 0 Å². The molecule has 1 rings (SSSR count). The lowest BCUT2D eigenvalue weighted by atomic mass is 10.0. The van der Waals surface area contributed by atoms with Crippen molar-refractivity contribution >= 4 is 12.6 Å². The molecule has 0 aliphatic carbocycles. The van der Waals surface area contributed by atoms with Crippen molar-refractivity contribution < 1.29 is 24.8 Å². The Kier molecular flexibility index (Phi) is 3.96. The van der Waals surface area contributed by atoms with Crippen molar-refractivity contribution in [1.29, 1.82) is 0 Å². The zero-order valence-corrected chi connectivity index (χ0v) is 8.09. The van der Waals surface area contributed by atoms with Gasteiger partial charge in [-0.1, -0.05) is 0 Å². The molecule has 1 fully saturated rings. The van der Waals surface area contributed by atoms with Crippen LogP contribution in [0.3, 0.4) is 0 Å². The standard InChI is InChI=1S/C7H14O5S/c1-11-7-5(10)4(9)6(13)3(2-8)12-7/h3-10,13H,2H2,1H3/t3-,4-,5+,6-,7+/m1/s1. The zero-order chi connectivity index (χ0) is 10.0. The van der Waals surface area contributed by atoms with Gasteiger partial charge in [0.25, 0.3) is 0 Å². The summed E-state index contributed by atoms with van der Waals surface area (Å²) in [6.45, 7) is -0.266. The van der Waals surface area contributed by atoms with E-state index < -0.39 is 29.9 Å². The van der Waals surface area contributed by atoms with Crippen LogP contribution in [0.2, 0.25) is 0 Å². The van der Waals surface area contributed by atoms with Gasteiger partial charge in [-0.25, -0.2) is 0 Å². The van der Waals surface area contributed by atoms with Crippen LogP contribution in [0.25, 0.3) is 0 Å². The van der Waals surface area contributed by atoms with Crippen molar-refractivity contribution in [2.75, 3.05) is 13.7 Å². The molecule has 0 amide bonds. The molecular weight excluding hydrogens is 196 g/mol. The van der Waals surface area contributed by atoms with Crippen LogP contribution in [-0.4, -0.2) is 58.9 Å². The minimum absolute atomic E-state index is 0.266. The first-order chi connectivity index (χ1) is 6.11. The highest BCUT2D eigenvalue weighted by molar-refractivity contribution is 7.81. The third-order valence-corrected chi connectivity index (χ3v) is 2.72. The summed E-state index contributed by atoms with van der Waals surface area (Å²) in [5.74, 6) is 0. The highest BCUT2D eigenvalue weighted by atomic mass is 32.1. The predicted molar refractivity (Wildman–Crippen MR) is 47.5 cm³/mol. The fourth-order valence-corrected chi connectivity index (χ4v) is 1.60. The Morgan fingerprint density at radius 1 is 1.38 bits per heavy atom. The molecule has 0 spiro atoms. The Balaban J connectivity index is 2.66. The zero-order valence-electron chi connectivity index (χ0n) is 7.20. The Morgan fingerprint density at radius 2 is 2.00 bits per heavy atom. The van der Waals surface area contributed by atoms with E-state index in [2.05, 4.69) is 12.6 Å². The molecule has 1 saturated heterocycles. The summed E-state index contributed by atoms with van der Waals surface area (Å²) in [4.78, 5) is 0. The van der Waals surface area contributed by atoms with E-state index in [-0.39, 0.29) is 6.61 Å². The lowest BCUT2D eigenvalue weighted by Crippen LogP contribution is -2.57. The number of hydrogen-bond acceptors (Lipinski definition) is 6. The summed E-state index contributed by atoms with van der Waals surface area (Å²) in [5.41, 5.74) is 0. The van der Waals surface area contributed by atoms with Crippen LogP contribution in [0.4, 0.5) is 0 Å². The minimum Gasteiger partial charge on any atom is -0.394 e. The van der Waals surface area contributed by atoms with E-state index >= 15 is 0 Å². The first-order valence-corrected chi connectivity index (χ1v) is 4.46. The van der Waals surface area contributed by atoms with Gasteiger partial charge in [-0.3, -0.25) is 0 Å². The molecule has 0 unspecified atom stereocenters. The van der Waals surface area contributed by atoms with Gasteiger partial charge in [0.1, 0.15) is 6.10 Å². The molecule has 5 nitrogen and oxygen atoms in total. The lowest BCUT2D eigenvalue weighted by molar-refractivity contribution is -0.259. The van der Waals surface area contributed by atoms with Gasteiger partial charge in [0.15, 0.2) is 6.29 Å². The summed E-state index contributed by atoms with van der Waals surface area (Å²) in [6.07, 6.45) is -3.71. The van der Waals surface area contributed by atoms with Crippen LogP contribution >= 0.6 is 12.6 Å². The summed E-state index contributed by atoms with van der Waals surface area (Å²) >= 11 is 4.02. The van der Waals surface area contributed by atoms with Crippen molar-refractivity contribution in [1.82, 2.24) is 0 Å². The van der Waals surface area contributed by atoms with Crippen LogP contribution in [0.1, 0.15) is 0 Å². The summed E-state index contributed by atoms with van der Waals surface area (Å²) in [6, 6.07) is 0. The largest absolute Gasteiger partial charge is 0.394 e. The quantitative estimate of drug-likeness (QED) is 0.412. The van der Waals surface area contributed by atoms with Gasteiger partial charge in [-0.15, -0.1) is 0 Å². The molecule has 78 valence electrons. The average Bonchev–Trinajstić information content (AvgIpc) is 2.15. The van der Waals surface area contributed by atoms with Crippen molar-refractivity contribution in [3.63, 3.8) is 0 Å². The van der Waals surface area contributed by atoms with Crippen LogP contribution in [0, 0.1) is 0 Å². The van der Waals surface area contributed by atoms with Crippen LogP contribution < -0.4 is 0 Å². The second kappa shape index (κ2) is 4.59. The van der Waals surface area contributed by atoms with Gasteiger partial charge in [0.05, 0.1) is 24.1 Å². The maximum absolute atomic E-state index is 9.45. The third-order valence-electron chi connectivity index (χ3n) is 2.08. The number of hydrogen-bond donors (Lipinski definition) is 4. The van der Waals surface area contributed by atoms with Crippen molar-refractivity contribution in [2.24, 2.45) is 0 Å². The maximum atomic E-state index is 9.45. The molecule has 13 heavy (non-hydrogen) atoms. The van der Waals surface area contributed by atoms with Gasteiger partial charge >= 0.3 is 0 Å². The topological polar surface area (TPSA) is 79.2 Å². The monoisotopic (exact) mass is 210 g/mol. The van der Waals surface area contributed by atoms with Gasteiger partial charge in [-0.2, -0.15) is 12.6 Å². The summed E-state index contributed by atoms with van der Waals surface area (Å²) in [7, 11) is 1.36. The molecule has 0 saturated carbocycles. The first kappa shape index (κ1) is 11.2. The van der Waals surface area contributed by atoms with E-state index in [9.17, 15) is 10.2 Å². The van der Waals surface area contributed by atoms with Gasteiger partial charge in [0.2, 0.25) is 0 Å². The maximum Gasteiger partial charge on any atom is 0.186 e. The van der Waals surface area contributed by atoms with E-state index in [1.54, 1.807) is 0 Å². The summed E-state index contributed by atoms with van der Waals surface area (Å²) in [5, 5.41) is 27.1. The van der Waals surface area contributed by atoms with E-state index in [4.69, 9.17) is 14.6 Å². The van der Waals surface area contributed by atoms with E-state index in [0.717, 1.165) is 0 Å². The van der Waals surface area contributed by atoms with Crippen LogP contribution in [0.15, 0.2) is 0 Å². The van der Waals surface area contributed by atoms with Gasteiger partial charge in [0, 0.05) is 7.11 Å².